The number of piperazine rings is 1. The van der Waals surface area contributed by atoms with Crippen LogP contribution in [-0.4, -0.2) is 102 Å². The zero-order valence-electron chi connectivity index (χ0n) is 17.3. The van der Waals surface area contributed by atoms with Crippen molar-refractivity contribution in [1.29, 1.82) is 0 Å². The van der Waals surface area contributed by atoms with Gasteiger partial charge in [-0.25, -0.2) is 8.42 Å². The van der Waals surface area contributed by atoms with Gasteiger partial charge in [0.2, 0.25) is 10.0 Å². The maximum Gasteiger partial charge on any atom is 0.271 e. The zero-order valence-corrected chi connectivity index (χ0v) is 21.3. The van der Waals surface area contributed by atoms with Crippen molar-refractivity contribution in [2.24, 2.45) is 0 Å². The number of hydrogen-bond donors (Lipinski definition) is 2. The number of alkyl halides is 2. The number of sulfonamides is 1. The van der Waals surface area contributed by atoms with E-state index < -0.39 is 21.1 Å². The first-order valence-electron chi connectivity index (χ1n) is 9.83. The number of aryl methyl sites for hydroxylation is 1. The lowest BCUT2D eigenvalue weighted by atomic mass is 10.1. The Morgan fingerprint density at radius 2 is 1.77 bits per heavy atom. The van der Waals surface area contributed by atoms with Gasteiger partial charge in [0, 0.05) is 68.6 Å². The number of aliphatic hydroxyl groups excluding tert-OH is 2. The molecule has 1 aliphatic heterocycles. The summed E-state index contributed by atoms with van der Waals surface area (Å²) < 4.78 is 28.5. The smallest absolute Gasteiger partial charge is 0.271 e. The number of rotatable bonds is 11. The SMILES string of the molecule is Cc1cc([N+](=O)[O-])cc(S(=O)(=O)N2CCN(CC(O)CO)CC2)c1N(CCBr)CCBr. The predicted octanol–water partition coefficient (Wildman–Crippen LogP) is 1.16. The minimum Gasteiger partial charge on any atom is -0.394 e. The van der Waals surface area contributed by atoms with E-state index in [1.165, 1.54) is 10.4 Å². The van der Waals surface area contributed by atoms with Crippen LogP contribution in [0.5, 0.6) is 0 Å². The maximum absolute atomic E-state index is 13.6. The molecule has 1 unspecified atom stereocenters. The van der Waals surface area contributed by atoms with Crippen LogP contribution in [0.4, 0.5) is 11.4 Å². The summed E-state index contributed by atoms with van der Waals surface area (Å²) in [5, 5.41) is 31.3. The predicted molar refractivity (Wildman–Crippen MR) is 126 cm³/mol. The van der Waals surface area contributed by atoms with Crippen LogP contribution in [0.2, 0.25) is 0 Å². The van der Waals surface area contributed by atoms with E-state index in [1.807, 2.05) is 9.80 Å². The maximum atomic E-state index is 13.6. The number of nitro benzene ring substituents is 1. The van der Waals surface area contributed by atoms with E-state index >= 15 is 0 Å². The number of hydrogen-bond acceptors (Lipinski definition) is 8. The molecule has 1 atom stereocenters. The number of halogens is 2. The van der Waals surface area contributed by atoms with Crippen LogP contribution in [0.3, 0.4) is 0 Å². The van der Waals surface area contributed by atoms with Gasteiger partial charge in [-0.2, -0.15) is 4.31 Å². The number of nitrogens with zero attached hydrogens (tertiary/aromatic N) is 4. The van der Waals surface area contributed by atoms with Gasteiger partial charge in [0.1, 0.15) is 4.90 Å². The fraction of sp³-hybridized carbons (Fsp3) is 0.667. The normalized spacial score (nSPS) is 16.9. The highest BCUT2D eigenvalue weighted by atomic mass is 79.9. The Bertz CT molecular complexity index is 859. The lowest BCUT2D eigenvalue weighted by Crippen LogP contribution is -2.50. The molecule has 1 aromatic rings. The summed E-state index contributed by atoms with van der Waals surface area (Å²) in [5.41, 5.74) is 0.740. The van der Waals surface area contributed by atoms with Crippen molar-refractivity contribution in [3.05, 3.63) is 27.8 Å². The first-order valence-corrected chi connectivity index (χ1v) is 13.5. The number of anilines is 1. The molecule has 0 bridgehead atoms. The van der Waals surface area contributed by atoms with Gasteiger partial charge in [0.25, 0.3) is 5.69 Å². The van der Waals surface area contributed by atoms with E-state index in [1.54, 1.807) is 6.92 Å². The molecule has 0 aliphatic carbocycles. The van der Waals surface area contributed by atoms with Gasteiger partial charge in [0.15, 0.2) is 0 Å². The summed E-state index contributed by atoms with van der Waals surface area (Å²) in [6.45, 7) is 3.85. The first kappa shape index (κ1) is 26.4. The van der Waals surface area contributed by atoms with Crippen molar-refractivity contribution in [3.8, 4) is 0 Å². The summed E-state index contributed by atoms with van der Waals surface area (Å²) in [4.78, 5) is 14.6. The second-order valence-corrected chi connectivity index (χ2v) is 10.8. The molecule has 1 saturated heterocycles. The number of nitro groups is 1. The third-order valence-corrected chi connectivity index (χ3v) is 7.74. The summed E-state index contributed by atoms with van der Waals surface area (Å²) in [6, 6.07) is 2.55. The molecule has 0 aromatic heterocycles. The number of aliphatic hydroxyl groups is 2. The second-order valence-electron chi connectivity index (χ2n) is 7.27. The average molecular weight is 588 g/mol. The van der Waals surface area contributed by atoms with E-state index in [-0.39, 0.29) is 36.8 Å². The van der Waals surface area contributed by atoms with Crippen LogP contribution >= 0.6 is 31.9 Å². The van der Waals surface area contributed by atoms with Gasteiger partial charge in [-0.3, -0.25) is 15.0 Å². The minimum absolute atomic E-state index is 0.0649. The molecule has 0 amide bonds. The van der Waals surface area contributed by atoms with Crippen molar-refractivity contribution in [2.75, 3.05) is 68.0 Å². The lowest BCUT2D eigenvalue weighted by molar-refractivity contribution is -0.385. The molecular formula is C18H28Br2N4O6S. The molecule has 0 radical (unpaired) electrons. The highest BCUT2D eigenvalue weighted by molar-refractivity contribution is 9.09. The molecule has 2 rings (SSSR count). The third kappa shape index (κ3) is 6.59. The molecule has 10 nitrogen and oxygen atoms in total. The Morgan fingerprint density at radius 1 is 1.19 bits per heavy atom. The average Bonchev–Trinajstić information content (AvgIpc) is 2.73. The summed E-state index contributed by atoms with van der Waals surface area (Å²) in [7, 11) is -3.99. The molecule has 31 heavy (non-hydrogen) atoms. The van der Waals surface area contributed by atoms with Crippen LogP contribution in [0, 0.1) is 17.0 Å². The standard InChI is InChI=1S/C18H28Br2N4O6S/c1-14-10-15(24(27)28)11-17(18(14)22(4-2-19)5-3-20)31(29,30)23-8-6-21(7-9-23)12-16(26)13-25/h10-11,16,25-26H,2-9,12-13H2,1H3. The highest BCUT2D eigenvalue weighted by Gasteiger charge is 2.34. The lowest BCUT2D eigenvalue weighted by Gasteiger charge is -2.36. The van der Waals surface area contributed by atoms with Gasteiger partial charge in [-0.1, -0.05) is 31.9 Å². The van der Waals surface area contributed by atoms with E-state index in [0.717, 1.165) is 6.07 Å². The molecule has 0 saturated carbocycles. The number of benzene rings is 1. The minimum atomic E-state index is -3.99. The Balaban J connectivity index is 2.43. The van der Waals surface area contributed by atoms with E-state index in [2.05, 4.69) is 31.9 Å². The van der Waals surface area contributed by atoms with Crippen molar-refractivity contribution in [3.63, 3.8) is 0 Å². The highest BCUT2D eigenvalue weighted by Crippen LogP contribution is 2.35. The fourth-order valence-corrected chi connectivity index (χ4v) is 6.21. The van der Waals surface area contributed by atoms with E-state index in [0.29, 0.717) is 48.1 Å². The monoisotopic (exact) mass is 586 g/mol. The van der Waals surface area contributed by atoms with Crippen molar-refractivity contribution in [2.45, 2.75) is 17.9 Å². The van der Waals surface area contributed by atoms with Crippen molar-refractivity contribution < 1.29 is 23.6 Å². The van der Waals surface area contributed by atoms with Gasteiger partial charge >= 0.3 is 0 Å². The largest absolute Gasteiger partial charge is 0.394 e. The van der Waals surface area contributed by atoms with Crippen LogP contribution < -0.4 is 4.90 Å². The zero-order chi connectivity index (χ0) is 23.2. The second kappa shape index (κ2) is 11.9. The van der Waals surface area contributed by atoms with Crippen molar-refractivity contribution in [1.82, 2.24) is 9.21 Å². The topological polar surface area (TPSA) is 127 Å². The van der Waals surface area contributed by atoms with Gasteiger partial charge in [0.05, 0.1) is 23.3 Å². The molecule has 2 N–H and O–H groups in total. The Hall–Kier alpha value is -0.830. The molecule has 1 heterocycles. The molecule has 1 aromatic carbocycles. The molecule has 1 aliphatic rings. The molecule has 176 valence electrons. The van der Waals surface area contributed by atoms with E-state index in [4.69, 9.17) is 5.11 Å². The van der Waals surface area contributed by atoms with Crippen LogP contribution in [0.25, 0.3) is 0 Å². The number of β-amino-alcohol motifs (C(OH)–C–C–N with tert-alkyl or cyclic N) is 1. The van der Waals surface area contributed by atoms with Crippen LogP contribution in [0.1, 0.15) is 5.56 Å². The fourth-order valence-electron chi connectivity index (χ4n) is 3.62. The first-order chi connectivity index (χ1) is 14.6. The van der Waals surface area contributed by atoms with Crippen LogP contribution in [-0.2, 0) is 10.0 Å². The third-order valence-electron chi connectivity index (χ3n) is 5.11. The van der Waals surface area contributed by atoms with E-state index in [9.17, 15) is 23.6 Å². The van der Waals surface area contributed by atoms with Crippen molar-refractivity contribution >= 4 is 53.3 Å². The van der Waals surface area contributed by atoms with Gasteiger partial charge in [-0.15, -0.1) is 0 Å². The van der Waals surface area contributed by atoms with Gasteiger partial charge < -0.3 is 15.1 Å². The molecule has 1 fully saturated rings. The van der Waals surface area contributed by atoms with Crippen LogP contribution in [0.15, 0.2) is 17.0 Å². The molecular weight excluding hydrogens is 560 g/mol. The Labute approximate surface area is 199 Å². The quantitative estimate of drug-likeness (QED) is 0.224. The summed E-state index contributed by atoms with van der Waals surface area (Å²) in [6.07, 6.45) is -0.878. The summed E-state index contributed by atoms with van der Waals surface area (Å²) >= 11 is 6.79. The summed E-state index contributed by atoms with van der Waals surface area (Å²) in [5.74, 6) is 0. The Kier molecular flexibility index (Phi) is 10.1. The Morgan fingerprint density at radius 3 is 2.26 bits per heavy atom. The molecule has 13 heteroatoms. The molecule has 0 spiro atoms. The van der Waals surface area contributed by atoms with Gasteiger partial charge in [-0.05, 0) is 12.5 Å². The number of non-ortho nitro benzene ring substituents is 1.